The van der Waals surface area contributed by atoms with Crippen LogP contribution in [0, 0.1) is 6.92 Å². The van der Waals surface area contributed by atoms with E-state index in [4.69, 9.17) is 32.7 Å². The Kier molecular flexibility index (Phi) is 5.21. The first-order valence-electron chi connectivity index (χ1n) is 6.46. The molecule has 2 aromatic rings. The van der Waals surface area contributed by atoms with Crippen molar-refractivity contribution in [3.63, 3.8) is 0 Å². The summed E-state index contributed by atoms with van der Waals surface area (Å²) in [6, 6.07) is 9.54. The van der Waals surface area contributed by atoms with Gasteiger partial charge in [0.15, 0.2) is 11.5 Å². The smallest absolute Gasteiger partial charge is 0.179 e. The van der Waals surface area contributed by atoms with Gasteiger partial charge in [-0.3, -0.25) is 0 Å². The monoisotopic (exact) mass is 325 g/mol. The highest BCUT2D eigenvalue weighted by Gasteiger charge is 2.11. The second-order valence-corrected chi connectivity index (χ2v) is 5.41. The minimum Gasteiger partial charge on any atom is -0.493 e. The highest BCUT2D eigenvalue weighted by Crippen LogP contribution is 2.36. The summed E-state index contributed by atoms with van der Waals surface area (Å²) in [5.74, 6) is 1.15. The molecule has 0 spiro atoms. The first-order chi connectivity index (χ1) is 10.1. The van der Waals surface area contributed by atoms with Gasteiger partial charge in [-0.05, 0) is 36.2 Å². The van der Waals surface area contributed by atoms with Crippen molar-refractivity contribution in [2.45, 2.75) is 13.5 Å². The normalized spacial score (nSPS) is 10.3. The minimum atomic E-state index is 0.518. The summed E-state index contributed by atoms with van der Waals surface area (Å²) >= 11 is 12.4. The van der Waals surface area contributed by atoms with E-state index in [1.807, 2.05) is 37.3 Å². The zero-order valence-corrected chi connectivity index (χ0v) is 13.7. The summed E-state index contributed by atoms with van der Waals surface area (Å²) in [7, 11) is 3.15. The minimum absolute atomic E-state index is 0.518. The fourth-order valence-corrected chi connectivity index (χ4v) is 2.72. The SMILES string of the molecule is COc1cc(CNc2c(C)cccc2Cl)cc(Cl)c1OC. The van der Waals surface area contributed by atoms with Gasteiger partial charge < -0.3 is 14.8 Å². The van der Waals surface area contributed by atoms with Crippen molar-refractivity contribution in [1.29, 1.82) is 0 Å². The Bertz CT molecular complexity index is 624. The second kappa shape index (κ2) is 6.92. The topological polar surface area (TPSA) is 30.5 Å². The van der Waals surface area contributed by atoms with Crippen LogP contribution < -0.4 is 14.8 Å². The molecule has 0 fully saturated rings. The number of rotatable bonds is 5. The number of anilines is 1. The quantitative estimate of drug-likeness (QED) is 0.845. The van der Waals surface area contributed by atoms with E-state index in [-0.39, 0.29) is 0 Å². The fourth-order valence-electron chi connectivity index (χ4n) is 2.12. The van der Waals surface area contributed by atoms with Crippen molar-refractivity contribution >= 4 is 28.9 Å². The molecule has 0 unspecified atom stereocenters. The predicted molar refractivity (Wildman–Crippen MR) is 88.1 cm³/mol. The molecular weight excluding hydrogens is 309 g/mol. The van der Waals surface area contributed by atoms with Crippen LogP contribution in [-0.2, 0) is 6.54 Å². The van der Waals surface area contributed by atoms with Gasteiger partial charge in [0.1, 0.15) is 0 Å². The molecule has 2 aromatic carbocycles. The maximum atomic E-state index is 6.20. The fraction of sp³-hybridized carbons (Fsp3) is 0.250. The van der Waals surface area contributed by atoms with Crippen LogP contribution in [0.1, 0.15) is 11.1 Å². The number of aryl methyl sites for hydroxylation is 1. The van der Waals surface area contributed by atoms with E-state index in [1.54, 1.807) is 14.2 Å². The third-order valence-corrected chi connectivity index (χ3v) is 3.78. The summed E-state index contributed by atoms with van der Waals surface area (Å²) in [4.78, 5) is 0. The Morgan fingerprint density at radius 3 is 2.43 bits per heavy atom. The second-order valence-electron chi connectivity index (χ2n) is 4.60. The van der Waals surface area contributed by atoms with Crippen LogP contribution in [0.2, 0.25) is 10.0 Å². The Labute approximate surface area is 134 Å². The molecule has 3 nitrogen and oxygen atoms in total. The van der Waals surface area contributed by atoms with E-state index in [0.717, 1.165) is 16.8 Å². The number of hydrogen-bond donors (Lipinski definition) is 1. The van der Waals surface area contributed by atoms with Gasteiger partial charge in [0, 0.05) is 6.54 Å². The third-order valence-electron chi connectivity index (χ3n) is 3.18. The number of nitrogens with one attached hydrogen (secondary N) is 1. The van der Waals surface area contributed by atoms with Gasteiger partial charge in [-0.25, -0.2) is 0 Å². The van der Waals surface area contributed by atoms with Crippen molar-refractivity contribution in [3.05, 3.63) is 51.5 Å². The maximum Gasteiger partial charge on any atom is 0.179 e. The Balaban J connectivity index is 2.23. The first kappa shape index (κ1) is 15.8. The molecule has 112 valence electrons. The van der Waals surface area contributed by atoms with Gasteiger partial charge in [-0.2, -0.15) is 0 Å². The van der Waals surface area contributed by atoms with Crippen molar-refractivity contribution in [2.75, 3.05) is 19.5 Å². The number of ether oxygens (including phenoxy) is 2. The number of halogens is 2. The van der Waals surface area contributed by atoms with Crippen LogP contribution in [0.15, 0.2) is 30.3 Å². The molecular formula is C16H17Cl2NO2. The Morgan fingerprint density at radius 1 is 1.05 bits per heavy atom. The maximum absolute atomic E-state index is 6.20. The summed E-state index contributed by atoms with van der Waals surface area (Å²) in [6.45, 7) is 2.60. The molecule has 0 aliphatic heterocycles. The summed E-state index contributed by atoms with van der Waals surface area (Å²) in [5.41, 5.74) is 3.00. The zero-order chi connectivity index (χ0) is 15.4. The predicted octanol–water partition coefficient (Wildman–Crippen LogP) is 4.93. The van der Waals surface area contributed by atoms with Crippen LogP contribution in [0.25, 0.3) is 0 Å². The van der Waals surface area contributed by atoms with Crippen LogP contribution in [0.3, 0.4) is 0 Å². The van der Waals surface area contributed by atoms with E-state index >= 15 is 0 Å². The van der Waals surface area contributed by atoms with Crippen molar-refractivity contribution in [2.24, 2.45) is 0 Å². The first-order valence-corrected chi connectivity index (χ1v) is 7.21. The lowest BCUT2D eigenvalue weighted by Crippen LogP contribution is -2.03. The van der Waals surface area contributed by atoms with Gasteiger partial charge in [0.25, 0.3) is 0 Å². The molecule has 1 N–H and O–H groups in total. The largest absolute Gasteiger partial charge is 0.493 e. The summed E-state index contributed by atoms with van der Waals surface area (Å²) in [5, 5.41) is 4.54. The molecule has 0 aliphatic carbocycles. The van der Waals surface area contributed by atoms with Crippen LogP contribution in [-0.4, -0.2) is 14.2 Å². The van der Waals surface area contributed by atoms with Crippen molar-refractivity contribution < 1.29 is 9.47 Å². The average molecular weight is 326 g/mol. The molecule has 0 radical (unpaired) electrons. The Hall–Kier alpha value is -1.58. The average Bonchev–Trinajstić information content (AvgIpc) is 2.46. The van der Waals surface area contributed by atoms with Crippen molar-refractivity contribution in [3.8, 4) is 11.5 Å². The number of para-hydroxylation sites is 1. The van der Waals surface area contributed by atoms with Crippen molar-refractivity contribution in [1.82, 2.24) is 0 Å². The highest BCUT2D eigenvalue weighted by atomic mass is 35.5. The van der Waals surface area contributed by atoms with E-state index in [2.05, 4.69) is 5.32 Å². The standard InChI is InChI=1S/C16H17Cl2NO2/c1-10-5-4-6-12(17)15(10)19-9-11-7-13(18)16(21-3)14(8-11)20-2/h4-8,19H,9H2,1-3H3. The van der Waals surface area contributed by atoms with E-state index in [1.165, 1.54) is 0 Å². The lowest BCUT2D eigenvalue weighted by Gasteiger charge is -2.14. The molecule has 0 amide bonds. The molecule has 0 bridgehead atoms. The van der Waals surface area contributed by atoms with E-state index in [0.29, 0.717) is 28.1 Å². The molecule has 21 heavy (non-hydrogen) atoms. The Morgan fingerprint density at radius 2 is 1.81 bits per heavy atom. The molecule has 0 aromatic heterocycles. The molecule has 0 saturated carbocycles. The van der Waals surface area contributed by atoms with E-state index in [9.17, 15) is 0 Å². The number of benzene rings is 2. The van der Waals surface area contributed by atoms with Gasteiger partial charge in [0.05, 0.1) is 30.0 Å². The summed E-state index contributed by atoms with van der Waals surface area (Å²) < 4.78 is 10.5. The lowest BCUT2D eigenvalue weighted by atomic mass is 10.1. The molecule has 0 aliphatic rings. The van der Waals surface area contributed by atoms with Gasteiger partial charge in [-0.1, -0.05) is 35.3 Å². The molecule has 0 heterocycles. The highest BCUT2D eigenvalue weighted by molar-refractivity contribution is 6.33. The van der Waals surface area contributed by atoms with Gasteiger partial charge >= 0.3 is 0 Å². The lowest BCUT2D eigenvalue weighted by molar-refractivity contribution is 0.355. The number of hydrogen-bond acceptors (Lipinski definition) is 3. The molecule has 0 saturated heterocycles. The summed E-state index contributed by atoms with van der Waals surface area (Å²) in [6.07, 6.45) is 0. The van der Waals surface area contributed by atoms with E-state index < -0.39 is 0 Å². The molecule has 2 rings (SSSR count). The van der Waals surface area contributed by atoms with Crippen LogP contribution in [0.5, 0.6) is 11.5 Å². The zero-order valence-electron chi connectivity index (χ0n) is 12.2. The van der Waals surface area contributed by atoms with Crippen LogP contribution >= 0.6 is 23.2 Å². The molecule has 5 heteroatoms. The van der Waals surface area contributed by atoms with Crippen LogP contribution in [0.4, 0.5) is 5.69 Å². The molecule has 0 atom stereocenters. The third kappa shape index (κ3) is 3.55. The number of methoxy groups -OCH3 is 2. The van der Waals surface area contributed by atoms with Gasteiger partial charge in [0.2, 0.25) is 0 Å². The van der Waals surface area contributed by atoms with Gasteiger partial charge in [-0.15, -0.1) is 0 Å².